The summed E-state index contributed by atoms with van der Waals surface area (Å²) in [6, 6.07) is 0. The summed E-state index contributed by atoms with van der Waals surface area (Å²) in [5, 5.41) is 27.1. The minimum atomic E-state index is -1.97. The van der Waals surface area contributed by atoms with E-state index in [0.717, 1.165) is 0 Å². The Bertz CT molecular complexity index is 166. The summed E-state index contributed by atoms with van der Waals surface area (Å²) in [5.74, 6) is 0. The van der Waals surface area contributed by atoms with Gasteiger partial charge in [0.2, 0.25) is 0 Å². The first-order chi connectivity index (χ1) is 5.55. The Kier molecular flexibility index (Phi) is 2.35. The summed E-state index contributed by atoms with van der Waals surface area (Å²) in [6.45, 7) is -0.456. The summed E-state index contributed by atoms with van der Waals surface area (Å²) in [7, 11) is 1.18. The van der Waals surface area contributed by atoms with Crippen LogP contribution < -0.4 is 0 Å². The van der Waals surface area contributed by atoms with E-state index in [9.17, 15) is 10.2 Å². The molecule has 4 atom stereocenters. The molecule has 66 valence electrons. The van der Waals surface area contributed by atoms with Gasteiger partial charge in [0, 0.05) is 7.11 Å². The van der Waals surface area contributed by atoms with Crippen LogP contribution in [0.5, 0.6) is 0 Å². The number of aliphatic hydroxyl groups excluding tert-OH is 3. The van der Waals surface area contributed by atoms with Crippen LogP contribution in [0.3, 0.4) is 0 Å². The van der Waals surface area contributed by atoms with Gasteiger partial charge in [-0.1, -0.05) is 0 Å². The van der Waals surface area contributed by atoms with Crippen molar-refractivity contribution in [1.82, 2.24) is 0 Å². The van der Waals surface area contributed by atoms with Gasteiger partial charge in [-0.3, -0.25) is 0 Å². The summed E-state index contributed by atoms with van der Waals surface area (Å²) < 4.78 is 16.6. The molecule has 1 aliphatic heterocycles. The lowest BCUT2D eigenvalue weighted by Gasteiger charge is -2.11. The zero-order chi connectivity index (χ0) is 9.35. The molecule has 0 aromatic rings. The highest BCUT2D eigenvalue weighted by atomic mass is 16.7. The van der Waals surface area contributed by atoms with Crippen LogP contribution in [0.2, 0.25) is 0 Å². The molecule has 1 aliphatic rings. The van der Waals surface area contributed by atoms with Gasteiger partial charge in [0.05, 0.1) is 7.98 Å². The third-order valence-corrected chi connectivity index (χ3v) is 1.59. The number of hydrogen-bond acceptors (Lipinski definition) is 5. The van der Waals surface area contributed by atoms with Crippen LogP contribution >= 0.6 is 0 Å². The average molecular weight is 165 g/mol. The molecule has 1 heterocycles. The molecule has 3 N–H and O–H groups in total. The SMILES string of the molecule is [2H]C1(OC)O[C@H](CO)[C@@H](O)[C@H]1O. The van der Waals surface area contributed by atoms with Gasteiger partial charge >= 0.3 is 0 Å². The molecule has 1 rings (SSSR count). The number of hydrogen-bond donors (Lipinski definition) is 3. The predicted molar refractivity (Wildman–Crippen MR) is 34.8 cm³/mol. The minimum Gasteiger partial charge on any atom is -0.394 e. The smallest absolute Gasteiger partial charge is 0.186 e. The lowest BCUT2D eigenvalue weighted by Crippen LogP contribution is -2.34. The second kappa shape index (κ2) is 3.46. The van der Waals surface area contributed by atoms with Gasteiger partial charge in [-0.2, -0.15) is 0 Å². The normalized spacial score (nSPS) is 52.7. The quantitative estimate of drug-likeness (QED) is 0.444. The van der Waals surface area contributed by atoms with Gasteiger partial charge in [0.1, 0.15) is 18.3 Å². The van der Waals surface area contributed by atoms with Crippen LogP contribution in [0.25, 0.3) is 0 Å². The van der Waals surface area contributed by atoms with E-state index in [2.05, 4.69) is 4.74 Å². The molecule has 1 fully saturated rings. The van der Waals surface area contributed by atoms with Crippen LogP contribution in [0.4, 0.5) is 0 Å². The van der Waals surface area contributed by atoms with Crippen molar-refractivity contribution >= 4 is 0 Å². The van der Waals surface area contributed by atoms with Crippen molar-refractivity contribution in [3.05, 3.63) is 0 Å². The molecule has 1 unspecified atom stereocenters. The maximum Gasteiger partial charge on any atom is 0.186 e. The third-order valence-electron chi connectivity index (χ3n) is 1.59. The van der Waals surface area contributed by atoms with E-state index < -0.39 is 31.2 Å². The molecule has 11 heavy (non-hydrogen) atoms. The van der Waals surface area contributed by atoms with E-state index in [4.69, 9.17) is 11.2 Å². The van der Waals surface area contributed by atoms with Crippen molar-refractivity contribution in [3.63, 3.8) is 0 Å². The van der Waals surface area contributed by atoms with E-state index in [-0.39, 0.29) is 0 Å². The molecule has 5 heteroatoms. The Labute approximate surface area is 65.6 Å². The van der Waals surface area contributed by atoms with Crippen LogP contribution in [0, 0.1) is 0 Å². The summed E-state index contributed by atoms with van der Waals surface area (Å²) in [4.78, 5) is 0. The third kappa shape index (κ3) is 1.52. The average Bonchev–Trinajstić information content (AvgIpc) is 2.31. The predicted octanol–water partition coefficient (Wildman–Crippen LogP) is -1.93. The highest BCUT2D eigenvalue weighted by Gasteiger charge is 2.42. The largest absolute Gasteiger partial charge is 0.394 e. The standard InChI is InChI=1S/C6H12O5/c1-10-6-5(9)4(8)3(2-7)11-6/h3-9H,2H2,1H3/t3-,4-,5-,6?/m1/s1/i6D. The number of methoxy groups -OCH3 is 1. The number of ether oxygens (including phenoxy) is 2. The fraction of sp³-hybridized carbons (Fsp3) is 1.00. The maximum atomic E-state index is 9.22. The van der Waals surface area contributed by atoms with Crippen molar-refractivity contribution in [1.29, 1.82) is 0 Å². The van der Waals surface area contributed by atoms with Gasteiger partial charge in [-0.15, -0.1) is 0 Å². The zero-order valence-electron chi connectivity index (χ0n) is 7.10. The van der Waals surface area contributed by atoms with Crippen molar-refractivity contribution in [2.45, 2.75) is 24.6 Å². The summed E-state index contributed by atoms with van der Waals surface area (Å²) >= 11 is 0. The van der Waals surface area contributed by atoms with Gasteiger partial charge < -0.3 is 24.8 Å². The van der Waals surface area contributed by atoms with Crippen molar-refractivity contribution < 1.29 is 26.2 Å². The summed E-state index contributed by atoms with van der Waals surface area (Å²) in [6.07, 6.45) is -5.67. The topological polar surface area (TPSA) is 79.2 Å². The zero-order valence-corrected chi connectivity index (χ0v) is 6.10. The van der Waals surface area contributed by atoms with Gasteiger partial charge in [0.15, 0.2) is 6.27 Å². The molecule has 0 aliphatic carbocycles. The van der Waals surface area contributed by atoms with Gasteiger partial charge in [0.25, 0.3) is 0 Å². The monoisotopic (exact) mass is 165 g/mol. The van der Waals surface area contributed by atoms with Crippen LogP contribution in [0.15, 0.2) is 0 Å². The molecule has 0 radical (unpaired) electrons. The van der Waals surface area contributed by atoms with Gasteiger partial charge in [-0.05, 0) is 0 Å². The number of aliphatic hydroxyl groups is 3. The molecule has 0 aromatic heterocycles. The highest BCUT2D eigenvalue weighted by molar-refractivity contribution is 4.85. The van der Waals surface area contributed by atoms with E-state index in [1.165, 1.54) is 7.11 Å². The van der Waals surface area contributed by atoms with Crippen LogP contribution in [-0.2, 0) is 9.47 Å². The van der Waals surface area contributed by atoms with Crippen LogP contribution in [0.1, 0.15) is 1.37 Å². The van der Waals surface area contributed by atoms with E-state index in [0.29, 0.717) is 0 Å². The molecule has 1 saturated heterocycles. The first-order valence-corrected chi connectivity index (χ1v) is 3.25. The Morgan fingerprint density at radius 2 is 2.18 bits per heavy atom. The second-order valence-electron chi connectivity index (χ2n) is 2.30. The lowest BCUT2D eigenvalue weighted by atomic mass is 10.1. The Hall–Kier alpha value is -0.200. The van der Waals surface area contributed by atoms with Gasteiger partial charge in [-0.25, -0.2) is 0 Å². The molecule has 0 bridgehead atoms. The van der Waals surface area contributed by atoms with E-state index >= 15 is 0 Å². The molecule has 0 spiro atoms. The fourth-order valence-electron chi connectivity index (χ4n) is 0.945. The maximum absolute atomic E-state index is 9.22. The Morgan fingerprint density at radius 3 is 2.45 bits per heavy atom. The van der Waals surface area contributed by atoms with E-state index in [1.54, 1.807) is 0 Å². The van der Waals surface area contributed by atoms with Crippen molar-refractivity contribution in [3.8, 4) is 0 Å². The first-order valence-electron chi connectivity index (χ1n) is 3.75. The number of rotatable bonds is 2. The second-order valence-corrected chi connectivity index (χ2v) is 2.30. The Morgan fingerprint density at radius 1 is 1.55 bits per heavy atom. The molecular formula is C6H12O5. The van der Waals surface area contributed by atoms with E-state index in [1.807, 2.05) is 0 Å². The molecule has 5 nitrogen and oxygen atoms in total. The molecule has 0 amide bonds. The first kappa shape index (κ1) is 7.45. The van der Waals surface area contributed by atoms with Crippen LogP contribution in [-0.4, -0.2) is 53.6 Å². The fourth-order valence-corrected chi connectivity index (χ4v) is 0.945. The summed E-state index contributed by atoms with van der Waals surface area (Å²) in [5.41, 5.74) is 0. The highest BCUT2D eigenvalue weighted by Crippen LogP contribution is 2.20. The Balaban J connectivity index is 2.72. The van der Waals surface area contributed by atoms with Crippen molar-refractivity contribution in [2.24, 2.45) is 0 Å². The van der Waals surface area contributed by atoms with Crippen molar-refractivity contribution in [2.75, 3.05) is 13.7 Å². The lowest BCUT2D eigenvalue weighted by molar-refractivity contribution is -0.153. The minimum absolute atomic E-state index is 0.456. The molecule has 0 aromatic carbocycles. The molecule has 0 saturated carbocycles. The molecular weight excluding hydrogens is 152 g/mol.